The van der Waals surface area contributed by atoms with Gasteiger partial charge in [-0.1, -0.05) is 18.2 Å². The molecule has 1 aliphatic heterocycles. The average Bonchev–Trinajstić information content (AvgIpc) is 2.92. The topological polar surface area (TPSA) is 166 Å². The number of aliphatic carboxylic acids is 2. The fraction of sp³-hybridized carbons (Fsp3) is 0.320. The van der Waals surface area contributed by atoms with Crippen molar-refractivity contribution in [2.75, 3.05) is 36.8 Å². The van der Waals surface area contributed by atoms with Gasteiger partial charge in [0.1, 0.15) is 21.8 Å². The lowest BCUT2D eigenvalue weighted by molar-refractivity contribution is -0.193. The van der Waals surface area contributed by atoms with Crippen molar-refractivity contribution in [1.29, 1.82) is 5.26 Å². The second kappa shape index (κ2) is 14.2. The summed E-state index contributed by atoms with van der Waals surface area (Å²) in [5.41, 5.74) is 9.85. The number of nitriles is 1. The minimum absolute atomic E-state index is 0.145. The fourth-order valence-electron chi connectivity index (χ4n) is 3.83. The van der Waals surface area contributed by atoms with Gasteiger partial charge in [0.2, 0.25) is 0 Å². The monoisotopic (exact) mass is 680 g/mol. The Hall–Kier alpha value is -4.37. The van der Waals surface area contributed by atoms with Gasteiger partial charge < -0.3 is 25.4 Å². The number of benzene rings is 1. The molecule has 4 N–H and O–H groups in total. The Kier molecular flexibility index (Phi) is 11.5. The molecular weight excluding hydrogens is 658 g/mol. The molecule has 0 radical (unpaired) electrons. The minimum Gasteiger partial charge on any atom is -0.475 e. The summed E-state index contributed by atoms with van der Waals surface area (Å²) >= 11 is 3.41. The molecule has 1 aromatic carbocycles. The van der Waals surface area contributed by atoms with Gasteiger partial charge in [-0.05, 0) is 39.7 Å². The third kappa shape index (κ3) is 9.31. The van der Waals surface area contributed by atoms with Crippen LogP contribution in [0, 0.1) is 11.3 Å². The molecule has 0 spiro atoms. The number of alkyl halides is 6. The summed E-state index contributed by atoms with van der Waals surface area (Å²) < 4.78 is 65.6. The van der Waals surface area contributed by atoms with Crippen molar-refractivity contribution in [1.82, 2.24) is 14.5 Å². The van der Waals surface area contributed by atoms with E-state index in [2.05, 4.69) is 36.8 Å². The number of anilines is 2. The number of rotatable bonds is 3. The van der Waals surface area contributed by atoms with E-state index in [0.717, 1.165) is 30.9 Å². The highest BCUT2D eigenvalue weighted by Crippen LogP contribution is 2.29. The molecule has 2 aromatic heterocycles. The van der Waals surface area contributed by atoms with E-state index in [-0.39, 0.29) is 11.1 Å². The van der Waals surface area contributed by atoms with Gasteiger partial charge in [-0.15, -0.1) is 0 Å². The highest BCUT2D eigenvalue weighted by atomic mass is 79.9. The van der Waals surface area contributed by atoms with Crippen LogP contribution in [0.4, 0.5) is 37.7 Å². The smallest absolute Gasteiger partial charge is 0.475 e. The number of hydrogen-bond acceptors (Lipinski definition) is 8. The number of carboxylic acid groups (broad SMARTS) is 2. The maximum Gasteiger partial charge on any atom is 0.490 e. The maximum absolute atomic E-state index is 12.8. The van der Waals surface area contributed by atoms with Crippen LogP contribution in [0.25, 0.3) is 11.0 Å². The first-order valence-electron chi connectivity index (χ1n) is 11.9. The third-order valence-electron chi connectivity index (χ3n) is 5.92. The molecule has 1 aliphatic rings. The SMILES string of the molecule is Cn1c(=O)c(C#N)c(N2CCN(Cc3ccccc3N)CC2)c2nc(Br)ccc21.O=C(O)C(F)(F)F.O=C(O)C(F)(F)F. The lowest BCUT2D eigenvalue weighted by Gasteiger charge is -2.36. The number of fused-ring (bicyclic) bond motifs is 1. The van der Waals surface area contributed by atoms with Crippen molar-refractivity contribution in [3.63, 3.8) is 0 Å². The van der Waals surface area contributed by atoms with Gasteiger partial charge in [0.25, 0.3) is 5.56 Å². The molecule has 3 aromatic rings. The maximum atomic E-state index is 12.8. The molecule has 3 heterocycles. The van der Waals surface area contributed by atoms with E-state index in [4.69, 9.17) is 25.5 Å². The zero-order valence-corrected chi connectivity index (χ0v) is 23.7. The van der Waals surface area contributed by atoms with Gasteiger partial charge in [-0.3, -0.25) is 9.69 Å². The van der Waals surface area contributed by atoms with Gasteiger partial charge in [-0.25, -0.2) is 14.6 Å². The van der Waals surface area contributed by atoms with Crippen molar-refractivity contribution in [3.05, 3.63) is 62.5 Å². The van der Waals surface area contributed by atoms with E-state index in [1.165, 1.54) is 4.57 Å². The highest BCUT2D eigenvalue weighted by molar-refractivity contribution is 9.10. The van der Waals surface area contributed by atoms with Crippen molar-refractivity contribution in [2.45, 2.75) is 18.9 Å². The Morgan fingerprint density at radius 2 is 1.51 bits per heavy atom. The Morgan fingerprint density at radius 1 is 1.00 bits per heavy atom. The molecule has 18 heteroatoms. The number of carbonyl (C=O) groups is 2. The summed E-state index contributed by atoms with van der Waals surface area (Å²) in [7, 11) is 1.67. The van der Waals surface area contributed by atoms with Crippen molar-refractivity contribution in [3.8, 4) is 6.07 Å². The molecule has 4 rings (SSSR count). The van der Waals surface area contributed by atoms with Crippen LogP contribution in [0.5, 0.6) is 0 Å². The van der Waals surface area contributed by atoms with Gasteiger partial charge in [0, 0.05) is 45.5 Å². The third-order valence-corrected chi connectivity index (χ3v) is 6.36. The first-order valence-corrected chi connectivity index (χ1v) is 12.7. The molecular formula is C25H23BrF6N6O5. The standard InChI is InChI=1S/C21H21BrN6O.2C2HF3O2/c1-26-17-6-7-18(22)25-19(17)20(15(12-23)21(26)29)28-10-8-27(9-11-28)13-14-4-2-3-5-16(14)24;2*3-2(4,5)1(6)7/h2-7H,8-11,13,24H2,1H3;2*(H,6,7). The largest absolute Gasteiger partial charge is 0.490 e. The number of piperazine rings is 1. The molecule has 0 aliphatic carbocycles. The molecule has 0 atom stereocenters. The number of para-hydroxylation sites is 1. The van der Waals surface area contributed by atoms with Crippen LogP contribution in [0.15, 0.2) is 45.8 Å². The van der Waals surface area contributed by atoms with E-state index in [1.807, 2.05) is 30.3 Å². The first-order chi connectivity index (χ1) is 19.9. The molecule has 232 valence electrons. The van der Waals surface area contributed by atoms with Crippen molar-refractivity contribution in [2.24, 2.45) is 7.05 Å². The van der Waals surface area contributed by atoms with Gasteiger partial charge in [0.15, 0.2) is 0 Å². The lowest BCUT2D eigenvalue weighted by Crippen LogP contribution is -2.47. The van der Waals surface area contributed by atoms with E-state index in [9.17, 15) is 36.4 Å². The van der Waals surface area contributed by atoms with Crippen LogP contribution in [-0.2, 0) is 23.2 Å². The molecule has 0 saturated carbocycles. The van der Waals surface area contributed by atoms with Crippen molar-refractivity contribution >= 4 is 50.3 Å². The number of nitrogens with two attached hydrogens (primary N) is 1. The Bertz CT molecular complexity index is 1560. The summed E-state index contributed by atoms with van der Waals surface area (Å²) in [6.45, 7) is 3.82. The zero-order chi connectivity index (χ0) is 32.7. The van der Waals surface area contributed by atoms with Crippen LogP contribution in [0.1, 0.15) is 11.1 Å². The Labute approximate surface area is 247 Å². The quantitative estimate of drug-likeness (QED) is 0.211. The van der Waals surface area contributed by atoms with Crippen LogP contribution in [-0.4, -0.2) is 75.1 Å². The normalized spacial score (nSPS) is 13.7. The minimum atomic E-state index is -5.08. The summed E-state index contributed by atoms with van der Waals surface area (Å²) in [4.78, 5) is 39.6. The fourth-order valence-corrected chi connectivity index (χ4v) is 4.14. The summed E-state index contributed by atoms with van der Waals surface area (Å²) in [6, 6.07) is 13.7. The molecule has 43 heavy (non-hydrogen) atoms. The molecule has 1 fully saturated rings. The number of nitrogen functional groups attached to an aromatic ring is 1. The number of pyridine rings is 2. The summed E-state index contributed by atoms with van der Waals surface area (Å²) in [5, 5.41) is 24.0. The van der Waals surface area contributed by atoms with Crippen LogP contribution >= 0.6 is 15.9 Å². The Balaban J connectivity index is 0.000000384. The highest BCUT2D eigenvalue weighted by Gasteiger charge is 2.39. The Morgan fingerprint density at radius 3 is 1.98 bits per heavy atom. The average molecular weight is 681 g/mol. The molecule has 1 saturated heterocycles. The molecule has 0 amide bonds. The number of hydrogen-bond donors (Lipinski definition) is 3. The number of carboxylic acids is 2. The van der Waals surface area contributed by atoms with Crippen LogP contribution in [0.3, 0.4) is 0 Å². The lowest BCUT2D eigenvalue weighted by atomic mass is 10.1. The van der Waals surface area contributed by atoms with Crippen LogP contribution < -0.4 is 16.2 Å². The van der Waals surface area contributed by atoms with Crippen LogP contribution in [0.2, 0.25) is 0 Å². The van der Waals surface area contributed by atoms with Gasteiger partial charge in [0.05, 0.1) is 11.2 Å². The van der Waals surface area contributed by atoms with Crippen molar-refractivity contribution < 1.29 is 46.1 Å². The van der Waals surface area contributed by atoms with Gasteiger partial charge >= 0.3 is 24.3 Å². The zero-order valence-electron chi connectivity index (χ0n) is 22.1. The second-order valence-corrected chi connectivity index (χ2v) is 9.58. The van der Waals surface area contributed by atoms with E-state index in [1.54, 1.807) is 13.1 Å². The number of nitrogens with zero attached hydrogens (tertiary/aromatic N) is 5. The molecule has 0 unspecified atom stereocenters. The summed E-state index contributed by atoms with van der Waals surface area (Å²) in [6.07, 6.45) is -10.2. The first kappa shape index (κ1) is 34.8. The van der Waals surface area contributed by atoms with E-state index >= 15 is 0 Å². The number of aromatic nitrogens is 2. The predicted octanol–water partition coefficient (Wildman–Crippen LogP) is 3.74. The van der Waals surface area contributed by atoms with Gasteiger partial charge in [-0.2, -0.15) is 31.6 Å². The molecule has 0 bridgehead atoms. The molecule has 11 nitrogen and oxygen atoms in total. The summed E-state index contributed by atoms with van der Waals surface area (Å²) in [5.74, 6) is -5.51. The second-order valence-electron chi connectivity index (χ2n) is 8.77. The number of aryl methyl sites for hydroxylation is 1. The number of halogens is 7. The predicted molar refractivity (Wildman–Crippen MR) is 145 cm³/mol. The van der Waals surface area contributed by atoms with E-state index < -0.39 is 24.3 Å². The van der Waals surface area contributed by atoms with E-state index in [0.29, 0.717) is 34.4 Å².